The van der Waals surface area contributed by atoms with Gasteiger partial charge in [0.1, 0.15) is 10.8 Å². The predicted molar refractivity (Wildman–Crippen MR) is 113 cm³/mol. The fourth-order valence-electron chi connectivity index (χ4n) is 3.25. The molecule has 1 saturated carbocycles. The normalized spacial score (nSPS) is 15.1. The molecule has 146 valence electrons. The Kier molecular flexibility index (Phi) is 7.10. The minimum atomic E-state index is 0.414. The van der Waals surface area contributed by atoms with Crippen molar-refractivity contribution in [3.8, 4) is 5.75 Å². The second kappa shape index (κ2) is 9.74. The Morgan fingerprint density at radius 2 is 1.93 bits per heavy atom. The quantitative estimate of drug-likeness (QED) is 0.558. The van der Waals surface area contributed by atoms with Gasteiger partial charge in [-0.1, -0.05) is 12.1 Å². The van der Waals surface area contributed by atoms with E-state index in [1.807, 2.05) is 6.92 Å². The van der Waals surface area contributed by atoms with Crippen LogP contribution in [0.25, 0.3) is 0 Å². The van der Waals surface area contributed by atoms with Gasteiger partial charge in [-0.05, 0) is 63.6 Å². The molecule has 0 atom stereocenters. The molecular weight excluding hydrogens is 356 g/mol. The van der Waals surface area contributed by atoms with Crippen molar-refractivity contribution in [1.29, 1.82) is 0 Å². The molecule has 0 amide bonds. The van der Waals surface area contributed by atoms with Crippen LogP contribution >= 0.6 is 11.3 Å². The average molecular weight is 387 g/mol. The molecule has 1 fully saturated rings. The highest BCUT2D eigenvalue weighted by atomic mass is 32.1. The molecule has 1 aromatic carbocycles. The van der Waals surface area contributed by atoms with Crippen molar-refractivity contribution >= 4 is 17.3 Å². The molecule has 0 spiro atoms. The Bertz CT molecular complexity index is 729. The van der Waals surface area contributed by atoms with E-state index in [-0.39, 0.29) is 0 Å². The Morgan fingerprint density at radius 1 is 1.19 bits per heavy atom. The summed E-state index contributed by atoms with van der Waals surface area (Å²) >= 11 is 1.73. The van der Waals surface area contributed by atoms with E-state index in [9.17, 15) is 0 Å². The summed E-state index contributed by atoms with van der Waals surface area (Å²) in [5.74, 6) is 1.80. The van der Waals surface area contributed by atoms with E-state index in [2.05, 4.69) is 51.8 Å². The first-order valence-corrected chi connectivity index (χ1v) is 10.6. The van der Waals surface area contributed by atoms with Crippen LogP contribution in [0, 0.1) is 13.8 Å². The highest BCUT2D eigenvalue weighted by Crippen LogP contribution is 2.24. The maximum Gasteiger partial charge on any atom is 0.191 e. The van der Waals surface area contributed by atoms with Crippen molar-refractivity contribution in [3.63, 3.8) is 0 Å². The van der Waals surface area contributed by atoms with Gasteiger partial charge in [-0.15, -0.1) is 11.3 Å². The molecule has 2 aromatic rings. The van der Waals surface area contributed by atoms with Crippen molar-refractivity contribution < 1.29 is 4.74 Å². The molecule has 6 heteroatoms. The van der Waals surface area contributed by atoms with Crippen molar-refractivity contribution in [2.45, 2.75) is 58.6 Å². The third kappa shape index (κ3) is 5.96. The second-order valence-corrected chi connectivity index (χ2v) is 8.31. The molecule has 0 saturated heterocycles. The highest BCUT2D eigenvalue weighted by molar-refractivity contribution is 7.11. The summed E-state index contributed by atoms with van der Waals surface area (Å²) in [6.45, 7) is 5.69. The number of aromatic nitrogens is 1. The van der Waals surface area contributed by atoms with E-state index >= 15 is 0 Å². The standard InChI is InChI=1S/C21H30N4OS/c1-15-16(2)27-20(25-15)14-24-21(22-3)23-13-12-17-8-10-19(11-9-17)26-18-6-4-5-7-18/h8-11,18H,4-7,12-14H2,1-3H3,(H2,22,23,24). The zero-order chi connectivity index (χ0) is 19.1. The second-order valence-electron chi connectivity index (χ2n) is 7.02. The molecule has 1 aliphatic carbocycles. The van der Waals surface area contributed by atoms with E-state index < -0.39 is 0 Å². The van der Waals surface area contributed by atoms with Crippen molar-refractivity contribution in [2.75, 3.05) is 13.6 Å². The Hall–Kier alpha value is -2.08. The summed E-state index contributed by atoms with van der Waals surface area (Å²) in [7, 11) is 1.79. The minimum absolute atomic E-state index is 0.414. The first kappa shape index (κ1) is 19.7. The fraction of sp³-hybridized carbons (Fsp3) is 0.524. The number of ether oxygens (including phenoxy) is 1. The van der Waals surface area contributed by atoms with Gasteiger partial charge < -0.3 is 15.4 Å². The van der Waals surface area contributed by atoms with Crippen LogP contribution in [0.15, 0.2) is 29.3 Å². The van der Waals surface area contributed by atoms with E-state index in [0.717, 1.165) is 35.4 Å². The monoisotopic (exact) mass is 386 g/mol. The van der Waals surface area contributed by atoms with Crippen molar-refractivity contribution in [3.05, 3.63) is 45.4 Å². The number of rotatable bonds is 7. The number of nitrogens with one attached hydrogen (secondary N) is 2. The van der Waals surface area contributed by atoms with Crippen molar-refractivity contribution in [2.24, 2.45) is 4.99 Å². The Morgan fingerprint density at radius 3 is 2.56 bits per heavy atom. The molecular formula is C21H30N4OS. The smallest absolute Gasteiger partial charge is 0.191 e. The lowest BCUT2D eigenvalue weighted by Gasteiger charge is -2.14. The summed E-state index contributed by atoms with van der Waals surface area (Å²) in [6.07, 6.45) is 6.34. The molecule has 0 radical (unpaired) electrons. The predicted octanol–water partition coefficient (Wildman–Crippen LogP) is 3.99. The SMILES string of the molecule is CN=C(NCCc1ccc(OC2CCCC2)cc1)NCc1nc(C)c(C)s1. The topological polar surface area (TPSA) is 58.5 Å². The van der Waals surface area contributed by atoms with Crippen LogP contribution in [-0.2, 0) is 13.0 Å². The fourth-order valence-corrected chi connectivity index (χ4v) is 4.13. The largest absolute Gasteiger partial charge is 0.490 e. The van der Waals surface area contributed by atoms with Crippen molar-refractivity contribution in [1.82, 2.24) is 15.6 Å². The van der Waals surface area contributed by atoms with Crippen LogP contribution in [0.3, 0.4) is 0 Å². The number of thiazole rings is 1. The maximum atomic E-state index is 6.02. The van der Waals surface area contributed by atoms with Crippen LogP contribution in [-0.4, -0.2) is 30.6 Å². The number of nitrogens with zero attached hydrogens (tertiary/aromatic N) is 2. The summed E-state index contributed by atoms with van der Waals surface area (Å²) in [5, 5.41) is 7.78. The third-order valence-corrected chi connectivity index (χ3v) is 6.01. The molecule has 1 aliphatic rings. The summed E-state index contributed by atoms with van der Waals surface area (Å²) in [6, 6.07) is 8.49. The molecule has 0 bridgehead atoms. The van der Waals surface area contributed by atoms with E-state index in [4.69, 9.17) is 4.74 Å². The van der Waals surface area contributed by atoms with Gasteiger partial charge in [0.2, 0.25) is 0 Å². The van der Waals surface area contributed by atoms with Gasteiger partial charge in [-0.2, -0.15) is 0 Å². The lowest BCUT2D eigenvalue weighted by Crippen LogP contribution is -2.37. The van der Waals surface area contributed by atoms with Gasteiger partial charge in [0.25, 0.3) is 0 Å². The van der Waals surface area contributed by atoms with Crippen LogP contribution in [0.1, 0.15) is 46.8 Å². The Balaban J connectivity index is 1.39. The third-order valence-electron chi connectivity index (χ3n) is 4.94. The maximum absolute atomic E-state index is 6.02. The van der Waals surface area contributed by atoms with Gasteiger partial charge in [-0.3, -0.25) is 4.99 Å². The Labute approximate surface area is 166 Å². The van der Waals surface area contributed by atoms with Crippen LogP contribution in [0.5, 0.6) is 5.75 Å². The minimum Gasteiger partial charge on any atom is -0.490 e. The number of hydrogen-bond acceptors (Lipinski definition) is 4. The lowest BCUT2D eigenvalue weighted by atomic mass is 10.1. The molecule has 1 aromatic heterocycles. The summed E-state index contributed by atoms with van der Waals surface area (Å²) < 4.78 is 6.02. The average Bonchev–Trinajstić information content (AvgIpc) is 3.29. The first-order chi connectivity index (χ1) is 13.1. The molecule has 0 unspecified atom stereocenters. The number of benzene rings is 1. The lowest BCUT2D eigenvalue weighted by molar-refractivity contribution is 0.210. The molecule has 1 heterocycles. The number of guanidine groups is 1. The first-order valence-electron chi connectivity index (χ1n) is 9.77. The van der Waals surface area contributed by atoms with Gasteiger partial charge >= 0.3 is 0 Å². The molecule has 0 aliphatic heterocycles. The van der Waals surface area contributed by atoms with Crippen LogP contribution in [0.4, 0.5) is 0 Å². The molecule has 2 N–H and O–H groups in total. The van der Waals surface area contributed by atoms with E-state index in [0.29, 0.717) is 12.6 Å². The van der Waals surface area contributed by atoms with Gasteiger partial charge in [0.05, 0.1) is 18.3 Å². The summed E-state index contributed by atoms with van der Waals surface area (Å²) in [4.78, 5) is 10.1. The van der Waals surface area contributed by atoms with Crippen LogP contribution in [0.2, 0.25) is 0 Å². The van der Waals surface area contributed by atoms with Gasteiger partial charge in [0.15, 0.2) is 5.96 Å². The number of aliphatic imine (C=N–C) groups is 1. The van der Waals surface area contributed by atoms with Gasteiger partial charge in [0, 0.05) is 18.5 Å². The zero-order valence-corrected chi connectivity index (χ0v) is 17.4. The number of aryl methyl sites for hydroxylation is 2. The van der Waals surface area contributed by atoms with E-state index in [1.54, 1.807) is 18.4 Å². The van der Waals surface area contributed by atoms with Crippen LogP contribution < -0.4 is 15.4 Å². The number of hydrogen-bond donors (Lipinski definition) is 2. The molecule has 5 nitrogen and oxygen atoms in total. The molecule has 27 heavy (non-hydrogen) atoms. The zero-order valence-electron chi connectivity index (χ0n) is 16.5. The summed E-state index contributed by atoms with van der Waals surface area (Å²) in [5.41, 5.74) is 2.41. The van der Waals surface area contributed by atoms with Gasteiger partial charge in [-0.25, -0.2) is 4.98 Å². The molecule has 3 rings (SSSR count). The van der Waals surface area contributed by atoms with E-state index in [1.165, 1.54) is 36.1 Å². The highest BCUT2D eigenvalue weighted by Gasteiger charge is 2.16.